The number of esters is 1. The molecule has 12 nitrogen and oxygen atoms in total. The van der Waals surface area contributed by atoms with Crippen LogP contribution in [0.15, 0.2) is 36.5 Å². The number of phosphoric acid groups is 1. The fourth-order valence-corrected chi connectivity index (χ4v) is 6.81. The van der Waals surface area contributed by atoms with Crippen LogP contribution >= 0.6 is 7.82 Å². The van der Waals surface area contributed by atoms with Crippen LogP contribution in [0.5, 0.6) is 0 Å². The number of carbonyl (C=O) groups is 1. The molecule has 13 heteroatoms. The second-order valence-corrected chi connectivity index (χ2v) is 15.2. The first-order valence-electron chi connectivity index (χ1n) is 19.8. The number of aliphatic hydroxyl groups excluding tert-OH is 5. The predicted octanol–water partition coefficient (Wildman–Crippen LogP) is 6.75. The lowest BCUT2D eigenvalue weighted by Crippen LogP contribution is -2.64. The maximum atomic E-state index is 12.7. The summed E-state index contributed by atoms with van der Waals surface area (Å²) in [6.45, 7) is 4.06. The molecule has 6 N–H and O–H groups in total. The van der Waals surface area contributed by atoms with Gasteiger partial charge in [0.05, 0.1) is 13.2 Å². The summed E-state index contributed by atoms with van der Waals surface area (Å²) in [5.74, 6) is -0.489. The van der Waals surface area contributed by atoms with Crippen LogP contribution in [-0.4, -0.2) is 98.9 Å². The van der Waals surface area contributed by atoms with E-state index in [1.807, 2.05) is 0 Å². The van der Waals surface area contributed by atoms with E-state index in [9.17, 15) is 39.8 Å². The molecule has 1 aliphatic carbocycles. The van der Waals surface area contributed by atoms with Crippen molar-refractivity contribution in [3.63, 3.8) is 0 Å². The van der Waals surface area contributed by atoms with E-state index in [1.165, 1.54) is 44.9 Å². The van der Waals surface area contributed by atoms with Gasteiger partial charge in [0.15, 0.2) is 0 Å². The highest BCUT2D eigenvalue weighted by Gasteiger charge is 2.51. The van der Waals surface area contributed by atoms with E-state index in [0.717, 1.165) is 70.6 Å². The maximum Gasteiger partial charge on any atom is 0.472 e. The number of hydrogen-bond donors (Lipinski definition) is 6. The summed E-state index contributed by atoms with van der Waals surface area (Å²) in [5.41, 5.74) is 0. The summed E-state index contributed by atoms with van der Waals surface area (Å²) >= 11 is 0. The second-order valence-electron chi connectivity index (χ2n) is 13.8. The molecule has 1 rings (SSSR count). The molecular weight excluding hydrogens is 691 g/mol. The molecule has 0 amide bonds. The van der Waals surface area contributed by atoms with Crippen LogP contribution in [0, 0.1) is 0 Å². The molecule has 1 aliphatic rings. The Morgan fingerprint density at radius 2 is 1.13 bits per heavy atom. The van der Waals surface area contributed by atoms with Crippen molar-refractivity contribution in [2.45, 2.75) is 185 Å². The summed E-state index contributed by atoms with van der Waals surface area (Å²) in [6, 6.07) is 0. The van der Waals surface area contributed by atoms with Crippen molar-refractivity contribution in [2.75, 3.05) is 19.8 Å². The summed E-state index contributed by atoms with van der Waals surface area (Å²) in [4.78, 5) is 23.0. The summed E-state index contributed by atoms with van der Waals surface area (Å²) in [6.07, 6.45) is 20.9. The minimum Gasteiger partial charge on any atom is -0.457 e. The molecule has 52 heavy (non-hydrogen) atoms. The van der Waals surface area contributed by atoms with Crippen molar-refractivity contribution in [1.29, 1.82) is 0 Å². The summed E-state index contributed by atoms with van der Waals surface area (Å²) in [7, 11) is -5.01. The van der Waals surface area contributed by atoms with Crippen molar-refractivity contribution >= 4 is 13.8 Å². The van der Waals surface area contributed by atoms with Crippen LogP contribution in [0.2, 0.25) is 0 Å². The first kappa shape index (κ1) is 48.6. The smallest absolute Gasteiger partial charge is 0.457 e. The number of phosphoric ester groups is 1. The molecule has 304 valence electrons. The van der Waals surface area contributed by atoms with Crippen LogP contribution in [0.25, 0.3) is 0 Å². The van der Waals surface area contributed by atoms with Gasteiger partial charge in [-0.15, -0.1) is 0 Å². The number of unbranched alkanes of at least 4 members (excludes halogenated alkanes) is 14. The van der Waals surface area contributed by atoms with Gasteiger partial charge in [-0.2, -0.15) is 0 Å². The van der Waals surface area contributed by atoms with E-state index in [2.05, 4.69) is 50.3 Å². The minimum atomic E-state index is -5.01. The van der Waals surface area contributed by atoms with Crippen molar-refractivity contribution < 1.29 is 58.3 Å². The molecule has 0 aromatic carbocycles. The molecule has 1 fully saturated rings. The Morgan fingerprint density at radius 3 is 1.73 bits per heavy atom. The Hall–Kier alpha value is -1.44. The molecule has 0 spiro atoms. The Labute approximate surface area is 312 Å². The van der Waals surface area contributed by atoms with E-state index in [0.29, 0.717) is 13.0 Å². The first-order valence-corrected chi connectivity index (χ1v) is 21.3. The third-order valence-corrected chi connectivity index (χ3v) is 10.0. The van der Waals surface area contributed by atoms with Gasteiger partial charge in [0.1, 0.15) is 42.7 Å². The molecule has 0 aliphatic heterocycles. The average Bonchev–Trinajstić information content (AvgIpc) is 3.12. The summed E-state index contributed by atoms with van der Waals surface area (Å²) in [5, 5.41) is 50.0. The molecule has 0 radical (unpaired) electrons. The van der Waals surface area contributed by atoms with E-state index < -0.39 is 63.1 Å². The SMILES string of the molecule is CC/C=C\C/C=C\C/C=C\CCCCCCOCC(COP(=O)(O)OC1C(O)C(O)C(O)C(O)C1O)OC(=O)CCCCCCCCCCCCC. The van der Waals surface area contributed by atoms with Crippen LogP contribution < -0.4 is 0 Å². The van der Waals surface area contributed by atoms with Crippen LogP contribution in [-0.2, 0) is 27.9 Å². The minimum absolute atomic E-state index is 0.0905. The quantitative estimate of drug-likeness (QED) is 0.0183. The van der Waals surface area contributed by atoms with E-state index in [4.69, 9.17) is 18.5 Å². The lowest BCUT2D eigenvalue weighted by molar-refractivity contribution is -0.220. The number of hydrogen-bond acceptors (Lipinski definition) is 11. The second kappa shape index (κ2) is 30.8. The summed E-state index contributed by atoms with van der Waals surface area (Å²) < 4.78 is 34.0. The number of rotatable bonds is 32. The molecule has 0 heterocycles. The van der Waals surface area contributed by atoms with Crippen molar-refractivity contribution in [3.05, 3.63) is 36.5 Å². The lowest BCUT2D eigenvalue weighted by atomic mass is 9.85. The van der Waals surface area contributed by atoms with Gasteiger partial charge < -0.3 is 39.9 Å². The molecule has 6 unspecified atom stereocenters. The Balaban J connectivity index is 2.48. The number of ether oxygens (including phenoxy) is 2. The fourth-order valence-electron chi connectivity index (χ4n) is 5.84. The topological polar surface area (TPSA) is 192 Å². The third-order valence-electron chi connectivity index (χ3n) is 9.03. The van der Waals surface area contributed by atoms with E-state index in [1.54, 1.807) is 0 Å². The molecular formula is C39H71O12P. The van der Waals surface area contributed by atoms with Crippen LogP contribution in [0.4, 0.5) is 0 Å². The van der Waals surface area contributed by atoms with Gasteiger partial charge in [0.2, 0.25) is 0 Å². The van der Waals surface area contributed by atoms with Gasteiger partial charge >= 0.3 is 13.8 Å². The number of carbonyl (C=O) groups excluding carboxylic acids is 1. The molecule has 6 atom stereocenters. The average molecular weight is 763 g/mol. The van der Waals surface area contributed by atoms with Gasteiger partial charge in [0, 0.05) is 13.0 Å². The van der Waals surface area contributed by atoms with E-state index in [-0.39, 0.29) is 13.0 Å². The Kier molecular flexibility index (Phi) is 28.8. The highest BCUT2D eigenvalue weighted by Crippen LogP contribution is 2.47. The van der Waals surface area contributed by atoms with Crippen molar-refractivity contribution in [1.82, 2.24) is 0 Å². The lowest BCUT2D eigenvalue weighted by Gasteiger charge is -2.41. The molecule has 0 aromatic rings. The normalized spacial score (nSPS) is 24.2. The van der Waals surface area contributed by atoms with Gasteiger partial charge in [0.25, 0.3) is 0 Å². The highest BCUT2D eigenvalue weighted by molar-refractivity contribution is 7.47. The first-order chi connectivity index (χ1) is 25.0. The third kappa shape index (κ3) is 23.4. The van der Waals surface area contributed by atoms with Gasteiger partial charge in [-0.05, 0) is 44.9 Å². The van der Waals surface area contributed by atoms with Crippen molar-refractivity contribution in [2.24, 2.45) is 0 Å². The zero-order chi connectivity index (χ0) is 38.5. The standard InChI is InChI=1S/C39H71O12P/c1-3-5-7-9-11-13-15-16-17-19-21-23-25-27-29-48-30-32(50-33(40)28-26-24-22-20-18-14-12-10-8-6-4-2)31-49-52(46,47)51-39-37(44)35(42)34(41)36(43)38(39)45/h5,7,11,13,16-17,32,34-39,41-45H,3-4,6,8-10,12,14-15,18-31H2,1-2H3,(H,46,47)/b7-5-,13-11-,17-16-. The van der Waals surface area contributed by atoms with Crippen LogP contribution in [0.3, 0.4) is 0 Å². The van der Waals surface area contributed by atoms with E-state index >= 15 is 0 Å². The monoisotopic (exact) mass is 762 g/mol. The van der Waals surface area contributed by atoms with Crippen molar-refractivity contribution in [3.8, 4) is 0 Å². The predicted molar refractivity (Wildman–Crippen MR) is 202 cm³/mol. The van der Waals surface area contributed by atoms with Gasteiger partial charge in [-0.3, -0.25) is 13.8 Å². The molecule has 0 saturated heterocycles. The Morgan fingerprint density at radius 1 is 0.635 bits per heavy atom. The molecule has 1 saturated carbocycles. The number of aliphatic hydroxyl groups is 5. The Bertz CT molecular complexity index is 1010. The van der Waals surface area contributed by atoms with Gasteiger partial charge in [-0.25, -0.2) is 4.57 Å². The maximum absolute atomic E-state index is 12.7. The largest absolute Gasteiger partial charge is 0.472 e. The number of allylic oxidation sites excluding steroid dienone is 6. The van der Waals surface area contributed by atoms with Crippen LogP contribution in [0.1, 0.15) is 142 Å². The molecule has 0 aromatic heterocycles. The zero-order valence-corrected chi connectivity index (χ0v) is 32.7. The molecule has 0 bridgehead atoms. The highest BCUT2D eigenvalue weighted by atomic mass is 31.2. The fraction of sp³-hybridized carbons (Fsp3) is 0.821. The zero-order valence-electron chi connectivity index (χ0n) is 31.8. The van der Waals surface area contributed by atoms with Gasteiger partial charge in [-0.1, -0.05) is 127 Å².